The molecule has 1 aromatic carbocycles. The summed E-state index contributed by atoms with van der Waals surface area (Å²) in [5, 5.41) is 13.0. The Bertz CT molecular complexity index is 649. The molecule has 0 aliphatic heterocycles. The Morgan fingerprint density at radius 3 is 2.84 bits per heavy atom. The van der Waals surface area contributed by atoms with Crippen LogP contribution in [-0.2, 0) is 23.6 Å². The van der Waals surface area contributed by atoms with Gasteiger partial charge in [0, 0.05) is 11.9 Å². The first-order valence-corrected chi connectivity index (χ1v) is 7.00. The second kappa shape index (κ2) is 5.36. The molecule has 2 rings (SSSR count). The van der Waals surface area contributed by atoms with Gasteiger partial charge in [-0.25, -0.2) is 4.79 Å². The van der Waals surface area contributed by atoms with Crippen molar-refractivity contribution >= 4 is 16.8 Å². The zero-order valence-corrected chi connectivity index (χ0v) is 11.5. The first kappa shape index (κ1) is 13.5. The summed E-state index contributed by atoms with van der Waals surface area (Å²) >= 11 is 0. The molecule has 1 aromatic heterocycles. The van der Waals surface area contributed by atoms with Crippen LogP contribution in [0.15, 0.2) is 35.4 Å². The smallest absolute Gasteiger partial charge is 0.339 e. The maximum absolute atomic E-state index is 12.3. The van der Waals surface area contributed by atoms with Gasteiger partial charge in [-0.1, -0.05) is 12.1 Å². The van der Waals surface area contributed by atoms with Crippen LogP contribution in [0.5, 0.6) is 0 Å². The number of nitrogens with zero attached hydrogens (tertiary/aromatic N) is 2. The summed E-state index contributed by atoms with van der Waals surface area (Å²) in [6.07, 6.45) is 1.28. The Morgan fingerprint density at radius 2 is 2.21 bits per heavy atom. The van der Waals surface area contributed by atoms with E-state index >= 15 is 0 Å². The van der Waals surface area contributed by atoms with Crippen LogP contribution in [0.2, 0.25) is 0 Å². The zero-order valence-electron chi connectivity index (χ0n) is 10.7. The maximum Gasteiger partial charge on any atom is 0.339 e. The molecule has 1 unspecified atom stereocenters. The molecule has 0 saturated carbocycles. The van der Waals surface area contributed by atoms with E-state index in [1.807, 2.05) is 25.1 Å². The predicted octanol–water partition coefficient (Wildman–Crippen LogP) is 1.73. The third-order valence-electron chi connectivity index (χ3n) is 2.81. The standard InChI is InChI=1S/C13H14N2O3S/c1-9-4-3-5-10(6-9)19(18)8-12-11(13(16)17)7-14-15(12)2/h3-7H,8H2,1-2H3,(H,16,17). The number of hydrogen-bond donors (Lipinski definition) is 1. The zero-order chi connectivity index (χ0) is 14.0. The topological polar surface area (TPSA) is 72.2 Å². The summed E-state index contributed by atoms with van der Waals surface area (Å²) in [7, 11) is 0.364. The number of aromatic nitrogens is 2. The molecule has 0 aliphatic carbocycles. The Kier molecular flexibility index (Phi) is 3.80. The fourth-order valence-electron chi connectivity index (χ4n) is 1.78. The highest BCUT2D eigenvalue weighted by Gasteiger charge is 2.17. The summed E-state index contributed by atoms with van der Waals surface area (Å²) in [6, 6.07) is 7.38. The minimum Gasteiger partial charge on any atom is -0.478 e. The number of hydrogen-bond acceptors (Lipinski definition) is 3. The molecule has 5 nitrogen and oxygen atoms in total. The molecule has 0 fully saturated rings. The van der Waals surface area contributed by atoms with Crippen LogP contribution in [-0.4, -0.2) is 25.1 Å². The minimum absolute atomic E-state index is 0.100. The lowest BCUT2D eigenvalue weighted by Crippen LogP contribution is -2.08. The van der Waals surface area contributed by atoms with E-state index in [0.717, 1.165) is 5.56 Å². The van der Waals surface area contributed by atoms with Crippen molar-refractivity contribution in [2.24, 2.45) is 7.05 Å². The molecule has 0 amide bonds. The number of carboxylic acid groups (broad SMARTS) is 1. The van der Waals surface area contributed by atoms with E-state index < -0.39 is 16.8 Å². The molecule has 2 aromatic rings. The average molecular weight is 278 g/mol. The van der Waals surface area contributed by atoms with E-state index in [2.05, 4.69) is 5.10 Å². The number of benzene rings is 1. The second-order valence-corrected chi connectivity index (χ2v) is 5.69. The molecule has 100 valence electrons. The Morgan fingerprint density at radius 1 is 1.47 bits per heavy atom. The monoisotopic (exact) mass is 278 g/mol. The highest BCUT2D eigenvalue weighted by Crippen LogP contribution is 2.16. The van der Waals surface area contributed by atoms with Crippen molar-refractivity contribution in [2.45, 2.75) is 17.6 Å². The lowest BCUT2D eigenvalue weighted by molar-refractivity contribution is 0.0696. The van der Waals surface area contributed by atoms with Crippen molar-refractivity contribution < 1.29 is 14.1 Å². The molecule has 19 heavy (non-hydrogen) atoms. The van der Waals surface area contributed by atoms with Gasteiger partial charge in [-0.3, -0.25) is 8.89 Å². The molecule has 1 N–H and O–H groups in total. The molecule has 1 atom stereocenters. The number of carboxylic acids is 1. The third-order valence-corrected chi connectivity index (χ3v) is 4.13. The lowest BCUT2D eigenvalue weighted by atomic mass is 10.2. The van der Waals surface area contributed by atoms with Crippen molar-refractivity contribution in [1.82, 2.24) is 9.78 Å². The number of aromatic carboxylic acids is 1. The Labute approximate surface area is 113 Å². The second-order valence-electron chi connectivity index (χ2n) is 4.24. The van der Waals surface area contributed by atoms with Gasteiger partial charge in [0.2, 0.25) is 0 Å². The van der Waals surface area contributed by atoms with Crippen molar-refractivity contribution in [1.29, 1.82) is 0 Å². The van der Waals surface area contributed by atoms with E-state index in [1.165, 1.54) is 10.9 Å². The van der Waals surface area contributed by atoms with E-state index in [-0.39, 0.29) is 11.3 Å². The summed E-state index contributed by atoms with van der Waals surface area (Å²) < 4.78 is 13.7. The molecule has 6 heteroatoms. The number of carbonyl (C=O) groups is 1. The van der Waals surface area contributed by atoms with Gasteiger partial charge in [0.25, 0.3) is 0 Å². The van der Waals surface area contributed by atoms with Crippen LogP contribution in [0.25, 0.3) is 0 Å². The Balaban J connectivity index is 2.29. The van der Waals surface area contributed by atoms with Gasteiger partial charge in [-0.05, 0) is 24.6 Å². The molecule has 0 bridgehead atoms. The summed E-state index contributed by atoms with van der Waals surface area (Å²) in [5.74, 6) is -0.911. The van der Waals surface area contributed by atoms with Crippen molar-refractivity contribution in [3.63, 3.8) is 0 Å². The molecule has 0 spiro atoms. The van der Waals surface area contributed by atoms with Crippen LogP contribution in [0.4, 0.5) is 0 Å². The van der Waals surface area contributed by atoms with Gasteiger partial charge in [0.15, 0.2) is 0 Å². The van der Waals surface area contributed by atoms with Gasteiger partial charge in [-0.2, -0.15) is 5.10 Å². The largest absolute Gasteiger partial charge is 0.478 e. The fraction of sp³-hybridized carbons (Fsp3) is 0.231. The molecular formula is C13H14N2O3S. The summed E-state index contributed by atoms with van der Waals surface area (Å²) in [6.45, 7) is 1.92. The quantitative estimate of drug-likeness (QED) is 0.924. The van der Waals surface area contributed by atoms with Gasteiger partial charge < -0.3 is 5.11 Å². The van der Waals surface area contributed by atoms with E-state index in [1.54, 1.807) is 13.1 Å². The van der Waals surface area contributed by atoms with E-state index in [4.69, 9.17) is 5.11 Å². The fourth-order valence-corrected chi connectivity index (χ4v) is 3.08. The Hall–Kier alpha value is -1.95. The van der Waals surface area contributed by atoms with Crippen molar-refractivity contribution in [2.75, 3.05) is 0 Å². The van der Waals surface area contributed by atoms with Gasteiger partial charge in [0.1, 0.15) is 5.56 Å². The van der Waals surface area contributed by atoms with Crippen LogP contribution in [0.1, 0.15) is 21.6 Å². The van der Waals surface area contributed by atoms with Gasteiger partial charge in [0.05, 0.1) is 28.4 Å². The first-order valence-electron chi connectivity index (χ1n) is 5.68. The summed E-state index contributed by atoms with van der Waals surface area (Å²) in [5.41, 5.74) is 1.59. The van der Waals surface area contributed by atoms with Gasteiger partial charge in [-0.15, -0.1) is 0 Å². The highest BCUT2D eigenvalue weighted by molar-refractivity contribution is 7.84. The van der Waals surface area contributed by atoms with Crippen LogP contribution in [0, 0.1) is 6.92 Å². The predicted molar refractivity (Wildman–Crippen MR) is 71.5 cm³/mol. The number of rotatable bonds is 4. The molecule has 0 saturated heterocycles. The highest BCUT2D eigenvalue weighted by atomic mass is 32.2. The van der Waals surface area contributed by atoms with E-state index in [0.29, 0.717) is 10.6 Å². The van der Waals surface area contributed by atoms with Crippen molar-refractivity contribution in [3.8, 4) is 0 Å². The SMILES string of the molecule is Cc1cccc(S(=O)Cc2c(C(=O)O)cnn2C)c1. The third kappa shape index (κ3) is 2.90. The first-order chi connectivity index (χ1) is 8.99. The van der Waals surface area contributed by atoms with Gasteiger partial charge >= 0.3 is 5.97 Å². The van der Waals surface area contributed by atoms with Crippen LogP contribution in [0.3, 0.4) is 0 Å². The van der Waals surface area contributed by atoms with Crippen LogP contribution < -0.4 is 0 Å². The molecular weight excluding hydrogens is 264 g/mol. The minimum atomic E-state index is -1.28. The van der Waals surface area contributed by atoms with Crippen LogP contribution >= 0.6 is 0 Å². The maximum atomic E-state index is 12.3. The summed E-state index contributed by atoms with van der Waals surface area (Å²) in [4.78, 5) is 11.7. The average Bonchev–Trinajstić information content (AvgIpc) is 2.71. The van der Waals surface area contributed by atoms with Crippen molar-refractivity contribution in [3.05, 3.63) is 47.3 Å². The molecule has 1 heterocycles. The lowest BCUT2D eigenvalue weighted by Gasteiger charge is -2.05. The normalized spacial score (nSPS) is 12.3. The number of aryl methyl sites for hydroxylation is 2. The molecule has 0 aliphatic rings. The van der Waals surface area contributed by atoms with E-state index in [9.17, 15) is 9.00 Å². The molecule has 0 radical (unpaired) electrons.